The number of carbonyl (C=O) groups is 2. The smallest absolute Gasteiger partial charge is 0.462 e. The van der Waals surface area contributed by atoms with E-state index >= 15 is 0 Å². The summed E-state index contributed by atoms with van der Waals surface area (Å²) in [6.45, 7) is 4.18. The van der Waals surface area contributed by atoms with Gasteiger partial charge in [-0.15, -0.1) is 0 Å². The van der Waals surface area contributed by atoms with Crippen molar-refractivity contribution in [3.63, 3.8) is 0 Å². The summed E-state index contributed by atoms with van der Waals surface area (Å²) >= 11 is 0. The fourth-order valence-electron chi connectivity index (χ4n) is 4.86. The third-order valence-electron chi connectivity index (χ3n) is 8.01. The van der Waals surface area contributed by atoms with E-state index in [9.17, 15) is 19.0 Å². The van der Waals surface area contributed by atoms with Crippen molar-refractivity contribution in [1.82, 2.24) is 0 Å². The third-order valence-corrected chi connectivity index (χ3v) is 9.00. The molecule has 0 aliphatic heterocycles. The molecular formula is C43H75NO8P+. The predicted octanol–water partition coefficient (Wildman–Crippen LogP) is 11.1. The topological polar surface area (TPSA) is 108 Å². The molecule has 10 heteroatoms. The number of phosphoric acid groups is 1. The number of carbonyl (C=O) groups excluding carboxylic acids is 2. The van der Waals surface area contributed by atoms with Gasteiger partial charge in [0.1, 0.15) is 19.8 Å². The summed E-state index contributed by atoms with van der Waals surface area (Å²) in [5.74, 6) is -0.905. The third kappa shape index (κ3) is 39.0. The molecular weight excluding hydrogens is 689 g/mol. The lowest BCUT2D eigenvalue weighted by Gasteiger charge is -2.24. The number of rotatable bonds is 35. The van der Waals surface area contributed by atoms with E-state index < -0.39 is 32.5 Å². The van der Waals surface area contributed by atoms with Crippen LogP contribution in [0.3, 0.4) is 0 Å². The van der Waals surface area contributed by atoms with Gasteiger partial charge in [-0.05, 0) is 51.4 Å². The Morgan fingerprint density at radius 1 is 0.604 bits per heavy atom. The first-order valence-corrected chi connectivity index (χ1v) is 21.7. The highest BCUT2D eigenvalue weighted by Gasteiger charge is 2.27. The Hall–Kier alpha value is -2.55. The molecule has 0 radical (unpaired) electrons. The van der Waals surface area contributed by atoms with Crippen molar-refractivity contribution in [2.75, 3.05) is 47.5 Å². The van der Waals surface area contributed by atoms with Crippen molar-refractivity contribution in [2.24, 2.45) is 0 Å². The summed E-state index contributed by atoms with van der Waals surface area (Å²) in [6.07, 6.45) is 42.6. The molecule has 0 aromatic carbocycles. The van der Waals surface area contributed by atoms with E-state index in [1.54, 1.807) is 0 Å². The van der Waals surface area contributed by atoms with Crippen LogP contribution in [0.5, 0.6) is 0 Å². The Kier molecular flexibility index (Phi) is 33.5. The number of nitrogens with zero attached hydrogens (tertiary/aromatic N) is 1. The second-order valence-electron chi connectivity index (χ2n) is 14.3. The van der Waals surface area contributed by atoms with Crippen LogP contribution in [-0.4, -0.2) is 74.9 Å². The molecule has 9 nitrogen and oxygen atoms in total. The number of unbranched alkanes of at least 4 members (excludes halogenated alkanes) is 9. The molecule has 1 unspecified atom stereocenters. The highest BCUT2D eigenvalue weighted by atomic mass is 31.2. The van der Waals surface area contributed by atoms with Gasteiger partial charge in [-0.1, -0.05) is 145 Å². The maximum absolute atomic E-state index is 12.6. The Bertz CT molecular complexity index is 1140. The molecule has 0 fully saturated rings. The molecule has 304 valence electrons. The zero-order valence-corrected chi connectivity index (χ0v) is 34.9. The van der Waals surface area contributed by atoms with Gasteiger partial charge in [0.15, 0.2) is 6.10 Å². The van der Waals surface area contributed by atoms with Gasteiger partial charge >= 0.3 is 19.8 Å². The zero-order valence-electron chi connectivity index (χ0n) is 34.0. The van der Waals surface area contributed by atoms with Gasteiger partial charge in [-0.2, -0.15) is 0 Å². The summed E-state index contributed by atoms with van der Waals surface area (Å²) in [7, 11) is 1.42. The molecule has 0 heterocycles. The molecule has 53 heavy (non-hydrogen) atoms. The first-order chi connectivity index (χ1) is 25.5. The minimum atomic E-state index is -4.39. The van der Waals surface area contributed by atoms with Crippen molar-refractivity contribution < 1.29 is 42.1 Å². The molecule has 0 aromatic rings. The van der Waals surface area contributed by atoms with Crippen LogP contribution in [0.1, 0.15) is 136 Å². The Morgan fingerprint density at radius 3 is 1.57 bits per heavy atom. The minimum Gasteiger partial charge on any atom is -0.462 e. The number of phosphoric ester groups is 1. The zero-order chi connectivity index (χ0) is 39.3. The van der Waals surface area contributed by atoms with Gasteiger partial charge in [0.25, 0.3) is 0 Å². The first-order valence-electron chi connectivity index (χ1n) is 20.2. The van der Waals surface area contributed by atoms with E-state index in [1.165, 1.54) is 44.9 Å². The van der Waals surface area contributed by atoms with Gasteiger partial charge in [-0.25, -0.2) is 4.57 Å². The highest BCUT2D eigenvalue weighted by molar-refractivity contribution is 7.47. The van der Waals surface area contributed by atoms with Crippen molar-refractivity contribution >= 4 is 19.8 Å². The van der Waals surface area contributed by atoms with Crippen molar-refractivity contribution in [3.05, 3.63) is 72.9 Å². The lowest BCUT2D eigenvalue weighted by molar-refractivity contribution is -0.870. The number of quaternary nitrogens is 1. The summed E-state index contributed by atoms with van der Waals surface area (Å²) in [5, 5.41) is 0. The quantitative estimate of drug-likeness (QED) is 0.0223. The molecule has 1 N–H and O–H groups in total. The van der Waals surface area contributed by atoms with Gasteiger partial charge in [0, 0.05) is 12.8 Å². The van der Waals surface area contributed by atoms with Crippen LogP contribution < -0.4 is 0 Å². The van der Waals surface area contributed by atoms with Crippen molar-refractivity contribution in [3.8, 4) is 0 Å². The Morgan fingerprint density at radius 2 is 1.08 bits per heavy atom. The Balaban J connectivity index is 4.55. The standard InChI is InChI=1S/C43H74NO8P/c1-6-8-10-12-14-16-18-19-20-21-22-23-24-25-26-28-30-32-34-36-43(46)52-41(40-51-53(47,48)50-38-37-44(3,4)5)39-49-42(45)35-33-31-29-27-17-15-13-11-9-7-2/h8,10,14,16,19-20,22-23,25-26,30,32,41H,6-7,9,11-13,15,17-18,21,24,27-29,31,33-40H2,1-5H3/p+1/b10-8+,16-14+,20-19+,23-22+,26-25+,32-30+/t41-/m1/s1. The average molecular weight is 765 g/mol. The summed E-state index contributed by atoms with van der Waals surface area (Å²) in [5.41, 5.74) is 0. The van der Waals surface area contributed by atoms with Gasteiger partial charge < -0.3 is 18.9 Å². The van der Waals surface area contributed by atoms with E-state index in [-0.39, 0.29) is 26.1 Å². The molecule has 0 saturated heterocycles. The van der Waals surface area contributed by atoms with Gasteiger partial charge in [-0.3, -0.25) is 18.6 Å². The van der Waals surface area contributed by atoms with Crippen molar-refractivity contribution in [2.45, 2.75) is 142 Å². The van der Waals surface area contributed by atoms with E-state index in [4.69, 9.17) is 18.5 Å². The lowest BCUT2D eigenvalue weighted by atomic mass is 10.1. The van der Waals surface area contributed by atoms with E-state index in [0.717, 1.165) is 57.8 Å². The van der Waals surface area contributed by atoms with Gasteiger partial charge in [0.05, 0.1) is 27.7 Å². The van der Waals surface area contributed by atoms with Crippen LogP contribution in [0.2, 0.25) is 0 Å². The van der Waals surface area contributed by atoms with E-state index in [0.29, 0.717) is 17.4 Å². The molecule has 0 aliphatic rings. The van der Waals surface area contributed by atoms with Crippen LogP contribution in [0.15, 0.2) is 72.9 Å². The number of allylic oxidation sites excluding steroid dienone is 12. The lowest BCUT2D eigenvalue weighted by Crippen LogP contribution is -2.37. The van der Waals surface area contributed by atoms with Crippen LogP contribution in [0, 0.1) is 0 Å². The maximum atomic E-state index is 12.6. The number of likely N-dealkylation sites (N-methyl/N-ethyl adjacent to an activating group) is 1. The fraction of sp³-hybridized carbons (Fsp3) is 0.674. The SMILES string of the molecule is CC/C=C/C/C=C/C/C=C/C/C=C/C/C=C/C/C=C/CCC(=O)O[C@H](COC(=O)CCCCCCCCCCCC)COP(=O)(O)OCC[N+](C)(C)C. The molecule has 0 aliphatic carbocycles. The molecule has 0 spiro atoms. The second-order valence-corrected chi connectivity index (χ2v) is 15.7. The maximum Gasteiger partial charge on any atom is 0.472 e. The molecule has 0 amide bonds. The monoisotopic (exact) mass is 765 g/mol. The number of ether oxygens (including phenoxy) is 2. The van der Waals surface area contributed by atoms with Crippen molar-refractivity contribution in [1.29, 1.82) is 0 Å². The molecule has 0 rings (SSSR count). The van der Waals surface area contributed by atoms with Crippen LogP contribution in [0.25, 0.3) is 0 Å². The molecule has 0 aromatic heterocycles. The average Bonchev–Trinajstić information content (AvgIpc) is 3.10. The summed E-state index contributed by atoms with van der Waals surface area (Å²) in [6, 6.07) is 0. The van der Waals surface area contributed by atoms with Crippen LogP contribution in [-0.2, 0) is 32.7 Å². The molecule has 2 atom stereocenters. The number of esters is 2. The molecule has 0 saturated carbocycles. The Labute approximate surface area is 323 Å². The summed E-state index contributed by atoms with van der Waals surface area (Å²) < 4.78 is 34.1. The van der Waals surface area contributed by atoms with Gasteiger partial charge in [0.2, 0.25) is 0 Å². The van der Waals surface area contributed by atoms with E-state index in [1.807, 2.05) is 33.3 Å². The number of hydrogen-bond acceptors (Lipinski definition) is 7. The normalized spacial score (nSPS) is 14.5. The summed E-state index contributed by atoms with van der Waals surface area (Å²) in [4.78, 5) is 35.2. The van der Waals surface area contributed by atoms with Crippen LogP contribution >= 0.6 is 7.82 Å². The largest absolute Gasteiger partial charge is 0.472 e. The second kappa shape index (κ2) is 35.2. The first kappa shape index (κ1) is 50.5. The molecule has 0 bridgehead atoms. The fourth-order valence-corrected chi connectivity index (χ4v) is 5.60. The van der Waals surface area contributed by atoms with E-state index in [2.05, 4.69) is 74.6 Å². The van der Waals surface area contributed by atoms with Crippen LogP contribution in [0.4, 0.5) is 0 Å². The number of hydrogen-bond donors (Lipinski definition) is 1. The highest BCUT2D eigenvalue weighted by Crippen LogP contribution is 2.43. The predicted molar refractivity (Wildman–Crippen MR) is 219 cm³/mol. The minimum absolute atomic E-state index is 0.0154.